The van der Waals surface area contributed by atoms with Crippen LogP contribution in [0.4, 0.5) is 0 Å². The first-order valence-electron chi connectivity index (χ1n) is 11.1. The lowest BCUT2D eigenvalue weighted by Gasteiger charge is -2.37. The van der Waals surface area contributed by atoms with Crippen LogP contribution in [-0.2, 0) is 9.59 Å². The van der Waals surface area contributed by atoms with Crippen molar-refractivity contribution in [3.8, 4) is 5.75 Å². The maximum atomic E-state index is 13.1. The molecule has 0 radical (unpaired) electrons. The van der Waals surface area contributed by atoms with Crippen molar-refractivity contribution < 1.29 is 19.1 Å². The van der Waals surface area contributed by atoms with Crippen molar-refractivity contribution in [3.63, 3.8) is 0 Å². The second-order valence-corrected chi connectivity index (χ2v) is 8.65. The average Bonchev–Trinajstić information content (AvgIpc) is 3.50. The van der Waals surface area contributed by atoms with E-state index in [1.165, 1.54) is 0 Å². The monoisotopic (exact) mass is 413 g/mol. The molecule has 162 valence electrons. The molecule has 2 heterocycles. The largest absolute Gasteiger partial charge is 0.497 e. The fourth-order valence-corrected chi connectivity index (χ4v) is 4.51. The van der Waals surface area contributed by atoms with Gasteiger partial charge >= 0.3 is 0 Å². The summed E-state index contributed by atoms with van der Waals surface area (Å²) in [4.78, 5) is 42.2. The van der Waals surface area contributed by atoms with Crippen molar-refractivity contribution in [1.29, 1.82) is 0 Å². The van der Waals surface area contributed by atoms with Gasteiger partial charge in [0.15, 0.2) is 0 Å². The van der Waals surface area contributed by atoms with Gasteiger partial charge in [-0.25, -0.2) is 0 Å². The summed E-state index contributed by atoms with van der Waals surface area (Å²) in [6.45, 7) is 2.73. The van der Waals surface area contributed by atoms with Gasteiger partial charge in [0.25, 0.3) is 5.91 Å². The number of methoxy groups -OCH3 is 1. The molecule has 2 saturated heterocycles. The average molecular weight is 414 g/mol. The molecule has 30 heavy (non-hydrogen) atoms. The lowest BCUT2D eigenvalue weighted by Crippen LogP contribution is -2.54. The number of amides is 3. The molecule has 1 unspecified atom stereocenters. The predicted octanol–water partition coefficient (Wildman–Crippen LogP) is 2.06. The van der Waals surface area contributed by atoms with E-state index in [9.17, 15) is 14.4 Å². The minimum Gasteiger partial charge on any atom is -0.497 e. The summed E-state index contributed by atoms with van der Waals surface area (Å²) >= 11 is 0. The van der Waals surface area contributed by atoms with Gasteiger partial charge in [0.2, 0.25) is 11.8 Å². The lowest BCUT2D eigenvalue weighted by atomic mass is 9.88. The number of rotatable bonds is 6. The summed E-state index contributed by atoms with van der Waals surface area (Å²) in [6.07, 6.45) is 5.33. The Balaban J connectivity index is 1.40. The number of likely N-dealkylation sites (tertiary alicyclic amines) is 2. The van der Waals surface area contributed by atoms with Crippen LogP contribution < -0.4 is 10.1 Å². The third-order valence-electron chi connectivity index (χ3n) is 6.54. The Morgan fingerprint density at radius 2 is 1.70 bits per heavy atom. The summed E-state index contributed by atoms with van der Waals surface area (Å²) in [6, 6.07) is 6.72. The van der Waals surface area contributed by atoms with Gasteiger partial charge in [0, 0.05) is 37.7 Å². The van der Waals surface area contributed by atoms with Gasteiger partial charge in [-0.2, -0.15) is 0 Å². The molecule has 3 fully saturated rings. The second kappa shape index (κ2) is 9.06. The van der Waals surface area contributed by atoms with E-state index in [4.69, 9.17) is 4.74 Å². The summed E-state index contributed by atoms with van der Waals surface area (Å²) in [5, 5.41) is 3.07. The lowest BCUT2D eigenvalue weighted by molar-refractivity contribution is -0.138. The van der Waals surface area contributed by atoms with E-state index in [1.54, 1.807) is 19.2 Å². The molecule has 1 N–H and O–H groups in total. The SMILES string of the molecule is COc1cccc(C(=O)N2CCC(C(NC(=O)C3CC3)C(=O)N3CCCC3)CC2)c1. The number of hydrogen-bond donors (Lipinski definition) is 1. The van der Waals surface area contributed by atoms with Gasteiger partial charge in [-0.15, -0.1) is 0 Å². The third-order valence-corrected chi connectivity index (χ3v) is 6.54. The zero-order chi connectivity index (χ0) is 21.1. The van der Waals surface area contributed by atoms with Crippen LogP contribution in [0.15, 0.2) is 24.3 Å². The van der Waals surface area contributed by atoms with Crippen molar-refractivity contribution in [3.05, 3.63) is 29.8 Å². The highest BCUT2D eigenvalue weighted by molar-refractivity contribution is 5.94. The fraction of sp³-hybridized carbons (Fsp3) is 0.609. The second-order valence-electron chi connectivity index (χ2n) is 8.65. The number of hydrogen-bond acceptors (Lipinski definition) is 4. The van der Waals surface area contributed by atoms with E-state index in [0.717, 1.165) is 38.8 Å². The molecule has 0 bridgehead atoms. The van der Waals surface area contributed by atoms with Gasteiger partial charge in [-0.1, -0.05) is 6.07 Å². The zero-order valence-corrected chi connectivity index (χ0v) is 17.6. The zero-order valence-electron chi connectivity index (χ0n) is 17.6. The van der Waals surface area contributed by atoms with Crippen LogP contribution in [0.5, 0.6) is 5.75 Å². The molecule has 1 aromatic carbocycles. The maximum Gasteiger partial charge on any atom is 0.253 e. The number of benzene rings is 1. The Morgan fingerprint density at radius 1 is 1.00 bits per heavy atom. The molecule has 1 aromatic rings. The molecule has 0 spiro atoms. The molecule has 7 heteroatoms. The number of carbonyl (C=O) groups is 3. The molecule has 0 aromatic heterocycles. The van der Waals surface area contributed by atoms with Gasteiger partial charge < -0.3 is 19.9 Å². The quantitative estimate of drug-likeness (QED) is 0.774. The molecular formula is C23H31N3O4. The number of nitrogens with one attached hydrogen (secondary N) is 1. The number of ether oxygens (including phenoxy) is 1. The molecular weight excluding hydrogens is 382 g/mol. The van der Waals surface area contributed by atoms with E-state index in [0.29, 0.717) is 37.2 Å². The van der Waals surface area contributed by atoms with Crippen LogP contribution in [0.25, 0.3) is 0 Å². The van der Waals surface area contributed by atoms with Crippen LogP contribution in [0.1, 0.15) is 48.9 Å². The van der Waals surface area contributed by atoms with E-state index in [-0.39, 0.29) is 29.6 Å². The summed E-state index contributed by atoms with van der Waals surface area (Å²) in [5.74, 6) is 0.858. The van der Waals surface area contributed by atoms with Crippen molar-refractivity contribution >= 4 is 17.7 Å². The summed E-state index contributed by atoms with van der Waals surface area (Å²) in [5.41, 5.74) is 0.611. The van der Waals surface area contributed by atoms with Crippen LogP contribution in [0.2, 0.25) is 0 Å². The smallest absolute Gasteiger partial charge is 0.253 e. The summed E-state index contributed by atoms with van der Waals surface area (Å²) < 4.78 is 5.22. The van der Waals surface area contributed by atoms with Crippen molar-refractivity contribution in [2.45, 2.75) is 44.6 Å². The maximum absolute atomic E-state index is 13.1. The van der Waals surface area contributed by atoms with Gasteiger partial charge in [0.1, 0.15) is 11.8 Å². The van der Waals surface area contributed by atoms with E-state index >= 15 is 0 Å². The Hall–Kier alpha value is -2.57. The van der Waals surface area contributed by atoms with Crippen LogP contribution in [0, 0.1) is 11.8 Å². The van der Waals surface area contributed by atoms with Crippen molar-refractivity contribution in [2.24, 2.45) is 11.8 Å². The Morgan fingerprint density at radius 3 is 2.33 bits per heavy atom. The minimum absolute atomic E-state index is 0.0161. The number of carbonyl (C=O) groups excluding carboxylic acids is 3. The Bertz CT molecular complexity index is 793. The molecule has 2 aliphatic heterocycles. The highest BCUT2D eigenvalue weighted by atomic mass is 16.5. The fourth-order valence-electron chi connectivity index (χ4n) is 4.51. The molecule has 1 saturated carbocycles. The topological polar surface area (TPSA) is 79.0 Å². The highest BCUT2D eigenvalue weighted by Crippen LogP contribution is 2.31. The Labute approximate surface area is 177 Å². The predicted molar refractivity (Wildman–Crippen MR) is 112 cm³/mol. The van der Waals surface area contributed by atoms with Gasteiger partial charge in [-0.05, 0) is 62.6 Å². The number of nitrogens with zero attached hydrogens (tertiary/aromatic N) is 2. The summed E-state index contributed by atoms with van der Waals surface area (Å²) in [7, 11) is 1.59. The molecule has 3 amide bonds. The van der Waals surface area contributed by atoms with Crippen molar-refractivity contribution in [2.75, 3.05) is 33.3 Å². The van der Waals surface area contributed by atoms with E-state index in [2.05, 4.69) is 5.32 Å². The van der Waals surface area contributed by atoms with Gasteiger partial charge in [0.05, 0.1) is 7.11 Å². The molecule has 1 atom stereocenters. The van der Waals surface area contributed by atoms with Crippen LogP contribution in [-0.4, -0.2) is 66.9 Å². The highest BCUT2D eigenvalue weighted by Gasteiger charge is 2.39. The Kier molecular flexibility index (Phi) is 6.25. The van der Waals surface area contributed by atoms with Gasteiger partial charge in [-0.3, -0.25) is 14.4 Å². The molecule has 4 rings (SSSR count). The van der Waals surface area contributed by atoms with Crippen molar-refractivity contribution in [1.82, 2.24) is 15.1 Å². The van der Waals surface area contributed by atoms with E-state index in [1.807, 2.05) is 21.9 Å². The first-order chi connectivity index (χ1) is 14.6. The third kappa shape index (κ3) is 4.60. The van der Waals surface area contributed by atoms with Crippen LogP contribution in [0.3, 0.4) is 0 Å². The molecule has 1 aliphatic carbocycles. The van der Waals surface area contributed by atoms with E-state index < -0.39 is 6.04 Å². The minimum atomic E-state index is -0.467. The van der Waals surface area contributed by atoms with Crippen LogP contribution >= 0.6 is 0 Å². The molecule has 3 aliphatic rings. The first kappa shape index (κ1) is 20.7. The first-order valence-corrected chi connectivity index (χ1v) is 11.1. The normalized spacial score (nSPS) is 20.7. The number of piperidine rings is 1. The standard InChI is InChI=1S/C23H31N3O4/c1-30-19-6-4-5-18(15-19)22(28)26-13-9-16(10-14-26)20(24-21(27)17-7-8-17)23(29)25-11-2-3-12-25/h4-6,15-17,20H,2-3,7-14H2,1H3,(H,24,27). The molecule has 7 nitrogen and oxygen atoms in total.